The van der Waals surface area contributed by atoms with Gasteiger partial charge >= 0.3 is 0 Å². The number of hydrogen-bond donors (Lipinski definition) is 0. The largest absolute Gasteiger partial charge is 0.486 e. The summed E-state index contributed by atoms with van der Waals surface area (Å²) in [5.74, 6) is 1.51. The number of nitrogens with zero attached hydrogens (tertiary/aromatic N) is 6. The van der Waals surface area contributed by atoms with Gasteiger partial charge in [0.05, 0.1) is 37.1 Å². The lowest BCUT2D eigenvalue weighted by Gasteiger charge is -2.43. The molecule has 42 heavy (non-hydrogen) atoms. The van der Waals surface area contributed by atoms with Crippen molar-refractivity contribution in [1.82, 2.24) is 9.55 Å². The molecule has 1 aliphatic carbocycles. The number of aryl methyl sites for hydroxylation is 1. The predicted octanol–water partition coefficient (Wildman–Crippen LogP) is 3.12. The van der Waals surface area contributed by atoms with E-state index in [-0.39, 0.29) is 35.0 Å². The molecule has 1 saturated heterocycles. The summed E-state index contributed by atoms with van der Waals surface area (Å²) >= 11 is 0. The van der Waals surface area contributed by atoms with E-state index >= 15 is 0 Å². The second-order valence-corrected chi connectivity index (χ2v) is 11.0. The average molecular weight is 571 g/mol. The zero-order valence-electron chi connectivity index (χ0n) is 23.9. The Morgan fingerprint density at radius 3 is 2.45 bits per heavy atom. The Kier molecular flexibility index (Phi) is 7.88. The number of pyridine rings is 2. The van der Waals surface area contributed by atoms with Gasteiger partial charge in [-0.2, -0.15) is 10.5 Å². The van der Waals surface area contributed by atoms with E-state index in [4.69, 9.17) is 18.9 Å². The summed E-state index contributed by atoms with van der Waals surface area (Å²) in [6.07, 6.45) is 3.47. The molecule has 2 aromatic heterocycles. The van der Waals surface area contributed by atoms with Gasteiger partial charge < -0.3 is 33.3 Å². The fraction of sp³-hybridized carbons (Fsp3) is 0.484. The summed E-state index contributed by atoms with van der Waals surface area (Å²) in [6.45, 7) is 3.53. The van der Waals surface area contributed by atoms with E-state index in [0.29, 0.717) is 56.3 Å². The molecule has 4 heterocycles. The second kappa shape index (κ2) is 11.9. The molecule has 6 rings (SSSR count). The molecule has 11 nitrogen and oxygen atoms in total. The van der Waals surface area contributed by atoms with Gasteiger partial charge in [-0.3, -0.25) is 4.79 Å². The van der Waals surface area contributed by atoms with E-state index in [1.807, 2.05) is 18.0 Å². The molecule has 3 aromatic rings. The minimum Gasteiger partial charge on any atom is -0.486 e. The van der Waals surface area contributed by atoms with Crippen LogP contribution in [-0.2, 0) is 16.5 Å². The van der Waals surface area contributed by atoms with Gasteiger partial charge in [0.2, 0.25) is 0 Å². The van der Waals surface area contributed by atoms with Crippen LogP contribution in [0.1, 0.15) is 36.9 Å². The summed E-state index contributed by atoms with van der Waals surface area (Å²) in [6, 6.07) is 14.0. The molecule has 0 spiro atoms. The van der Waals surface area contributed by atoms with Crippen LogP contribution in [0.15, 0.2) is 35.1 Å². The number of rotatable bonds is 6. The highest BCUT2D eigenvalue weighted by atomic mass is 16.6. The Hall–Kier alpha value is -4.32. The Morgan fingerprint density at radius 2 is 1.74 bits per heavy atom. The molecule has 1 atom stereocenters. The molecule has 0 N–H and O–H groups in total. The van der Waals surface area contributed by atoms with E-state index in [2.05, 4.69) is 34.2 Å². The number of benzene rings is 1. The molecule has 3 aliphatic rings. The van der Waals surface area contributed by atoms with Crippen LogP contribution in [0, 0.1) is 22.7 Å². The Bertz CT molecular complexity index is 1610. The first-order valence-corrected chi connectivity index (χ1v) is 14.4. The fourth-order valence-corrected chi connectivity index (χ4v) is 6.38. The van der Waals surface area contributed by atoms with Gasteiger partial charge in [-0.15, -0.1) is 0 Å². The lowest BCUT2D eigenvalue weighted by Crippen LogP contribution is -2.48. The minimum atomic E-state index is -0.369. The van der Waals surface area contributed by atoms with Crippen LogP contribution in [0.2, 0.25) is 0 Å². The SMILES string of the molecule is CN(c1c(C#N)c(=O)n(C)c2ccc(C#N)nc12)C1CCC(N(CC2COCCO2)c2ccc3c(c2)OCCO3)CC1. The maximum Gasteiger partial charge on any atom is 0.270 e. The molecule has 0 bridgehead atoms. The van der Waals surface area contributed by atoms with Gasteiger partial charge in [-0.05, 0) is 49.9 Å². The van der Waals surface area contributed by atoms with E-state index in [0.717, 1.165) is 42.9 Å². The summed E-state index contributed by atoms with van der Waals surface area (Å²) in [5, 5.41) is 19.5. The van der Waals surface area contributed by atoms with Gasteiger partial charge in [0.25, 0.3) is 5.56 Å². The third kappa shape index (κ3) is 5.22. The molecule has 2 fully saturated rings. The predicted molar refractivity (Wildman–Crippen MR) is 156 cm³/mol. The maximum atomic E-state index is 13.1. The lowest BCUT2D eigenvalue weighted by molar-refractivity contribution is -0.0846. The highest BCUT2D eigenvalue weighted by molar-refractivity contribution is 5.92. The number of aromatic nitrogens is 2. The molecule has 0 amide bonds. The van der Waals surface area contributed by atoms with Gasteiger partial charge in [-0.1, -0.05) is 0 Å². The Morgan fingerprint density at radius 1 is 0.976 bits per heavy atom. The number of anilines is 2. The fourth-order valence-electron chi connectivity index (χ4n) is 6.38. The molecular formula is C31H34N6O5. The van der Waals surface area contributed by atoms with Crippen molar-refractivity contribution in [3.05, 3.63) is 51.9 Å². The number of fused-ring (bicyclic) bond motifs is 2. The van der Waals surface area contributed by atoms with Crippen LogP contribution in [0.5, 0.6) is 11.5 Å². The van der Waals surface area contributed by atoms with Crippen molar-refractivity contribution < 1.29 is 18.9 Å². The second-order valence-electron chi connectivity index (χ2n) is 11.0. The standard InChI is InChI=1S/C31H34N6O5/c1-35(30-25(17-33)31(38)36(2)26-9-3-20(16-32)34-29(26)30)21-4-6-22(7-5-21)37(18-24-19-39-11-12-40-24)23-8-10-27-28(15-23)42-14-13-41-27/h3,8-10,15,21-22,24H,4-7,11-14,18-19H2,1-2H3. The Labute approximate surface area is 244 Å². The van der Waals surface area contributed by atoms with E-state index < -0.39 is 0 Å². The topological polar surface area (TPSA) is 126 Å². The minimum absolute atomic E-state index is 0.0298. The van der Waals surface area contributed by atoms with Crippen LogP contribution in [0.3, 0.4) is 0 Å². The molecule has 11 heteroatoms. The third-order valence-electron chi connectivity index (χ3n) is 8.59. The molecule has 1 saturated carbocycles. The van der Waals surface area contributed by atoms with Gasteiger partial charge in [0, 0.05) is 44.5 Å². The number of hydrogen-bond acceptors (Lipinski definition) is 10. The first kappa shape index (κ1) is 27.8. The third-order valence-corrected chi connectivity index (χ3v) is 8.59. The van der Waals surface area contributed by atoms with Crippen molar-refractivity contribution >= 4 is 22.4 Å². The van der Waals surface area contributed by atoms with E-state index in [9.17, 15) is 15.3 Å². The van der Waals surface area contributed by atoms with Crippen molar-refractivity contribution in [1.29, 1.82) is 10.5 Å². The zero-order chi connectivity index (χ0) is 29.2. The highest BCUT2D eigenvalue weighted by Crippen LogP contribution is 2.38. The molecule has 1 unspecified atom stereocenters. The van der Waals surface area contributed by atoms with Gasteiger partial charge in [0.1, 0.15) is 42.1 Å². The summed E-state index contributed by atoms with van der Waals surface area (Å²) < 4.78 is 24.8. The van der Waals surface area contributed by atoms with Crippen molar-refractivity contribution in [2.24, 2.45) is 7.05 Å². The molecule has 0 radical (unpaired) electrons. The summed E-state index contributed by atoms with van der Waals surface area (Å²) in [4.78, 5) is 22.1. The molecule has 2 aliphatic heterocycles. The van der Waals surface area contributed by atoms with Crippen LogP contribution in [-0.4, -0.2) is 74.4 Å². The van der Waals surface area contributed by atoms with Crippen LogP contribution in [0.4, 0.5) is 11.4 Å². The maximum absolute atomic E-state index is 13.1. The smallest absolute Gasteiger partial charge is 0.270 e. The lowest BCUT2D eigenvalue weighted by atomic mass is 9.88. The number of ether oxygens (including phenoxy) is 4. The normalized spacial score (nSPS) is 21.8. The van der Waals surface area contributed by atoms with Gasteiger partial charge in [-0.25, -0.2) is 4.98 Å². The monoisotopic (exact) mass is 570 g/mol. The van der Waals surface area contributed by atoms with E-state index in [1.165, 1.54) is 4.57 Å². The average Bonchev–Trinajstić information content (AvgIpc) is 3.05. The molecular weight excluding hydrogens is 536 g/mol. The van der Waals surface area contributed by atoms with Crippen molar-refractivity contribution in [2.75, 3.05) is 56.4 Å². The quantitative estimate of drug-likeness (QED) is 0.436. The summed E-state index contributed by atoms with van der Waals surface area (Å²) in [5.41, 5.74) is 2.55. The number of nitriles is 2. The van der Waals surface area contributed by atoms with Gasteiger partial charge in [0.15, 0.2) is 11.5 Å². The van der Waals surface area contributed by atoms with Crippen LogP contribution >= 0.6 is 0 Å². The zero-order valence-corrected chi connectivity index (χ0v) is 23.9. The first-order valence-electron chi connectivity index (χ1n) is 14.4. The molecule has 1 aromatic carbocycles. The highest BCUT2D eigenvalue weighted by Gasteiger charge is 2.33. The van der Waals surface area contributed by atoms with Crippen LogP contribution in [0.25, 0.3) is 11.0 Å². The van der Waals surface area contributed by atoms with E-state index in [1.54, 1.807) is 19.2 Å². The van der Waals surface area contributed by atoms with Crippen molar-refractivity contribution in [2.45, 2.75) is 43.9 Å². The summed E-state index contributed by atoms with van der Waals surface area (Å²) in [7, 11) is 3.55. The van der Waals surface area contributed by atoms with Crippen molar-refractivity contribution in [3.8, 4) is 23.6 Å². The van der Waals surface area contributed by atoms with Crippen molar-refractivity contribution in [3.63, 3.8) is 0 Å². The first-order chi connectivity index (χ1) is 20.5. The van der Waals surface area contributed by atoms with Crippen LogP contribution < -0.4 is 24.8 Å². The Balaban J connectivity index is 1.27. The molecule has 218 valence electrons.